The molecular formula is C14H21NO. The van der Waals surface area contributed by atoms with Crippen molar-refractivity contribution in [2.75, 3.05) is 6.54 Å². The average Bonchev–Trinajstić information content (AvgIpc) is 2.22. The third-order valence-corrected chi connectivity index (χ3v) is 3.27. The zero-order valence-electron chi connectivity index (χ0n) is 10.6. The maximum atomic E-state index is 12.3. The maximum Gasteiger partial charge on any atom is 0.167 e. The van der Waals surface area contributed by atoms with Gasteiger partial charge in [-0.3, -0.25) is 4.79 Å². The van der Waals surface area contributed by atoms with Crippen LogP contribution in [-0.2, 0) is 0 Å². The lowest BCUT2D eigenvalue weighted by molar-refractivity contribution is 0.0891. The SMILES string of the molecule is Cc1cccc(C(=O)C(CN)C(C)C)c1C. The molecule has 0 fully saturated rings. The van der Waals surface area contributed by atoms with E-state index < -0.39 is 0 Å². The van der Waals surface area contributed by atoms with Gasteiger partial charge in [0.15, 0.2) is 5.78 Å². The first kappa shape index (κ1) is 12.9. The Balaban J connectivity index is 3.09. The highest BCUT2D eigenvalue weighted by Gasteiger charge is 2.23. The third-order valence-electron chi connectivity index (χ3n) is 3.27. The molecule has 1 aromatic carbocycles. The molecule has 2 N–H and O–H groups in total. The van der Waals surface area contributed by atoms with Gasteiger partial charge < -0.3 is 5.73 Å². The summed E-state index contributed by atoms with van der Waals surface area (Å²) in [6, 6.07) is 5.86. The predicted octanol–water partition coefficient (Wildman–Crippen LogP) is 2.72. The Hall–Kier alpha value is -1.15. The van der Waals surface area contributed by atoms with E-state index in [2.05, 4.69) is 0 Å². The molecule has 0 heterocycles. The average molecular weight is 219 g/mol. The largest absolute Gasteiger partial charge is 0.330 e. The fraction of sp³-hybridized carbons (Fsp3) is 0.500. The topological polar surface area (TPSA) is 43.1 Å². The smallest absolute Gasteiger partial charge is 0.167 e. The van der Waals surface area contributed by atoms with Crippen molar-refractivity contribution in [2.24, 2.45) is 17.6 Å². The summed E-state index contributed by atoms with van der Waals surface area (Å²) in [6.07, 6.45) is 0. The number of ketones is 1. The van der Waals surface area contributed by atoms with Gasteiger partial charge in [-0.25, -0.2) is 0 Å². The van der Waals surface area contributed by atoms with Crippen molar-refractivity contribution in [1.29, 1.82) is 0 Å². The molecule has 1 unspecified atom stereocenters. The molecule has 0 amide bonds. The van der Waals surface area contributed by atoms with Crippen LogP contribution < -0.4 is 5.73 Å². The number of Topliss-reactive ketones (excluding diaryl/α,β-unsaturated/α-hetero) is 1. The fourth-order valence-corrected chi connectivity index (χ4v) is 1.90. The predicted molar refractivity (Wildman–Crippen MR) is 67.6 cm³/mol. The summed E-state index contributed by atoms with van der Waals surface area (Å²) in [4.78, 5) is 12.3. The van der Waals surface area contributed by atoms with Crippen molar-refractivity contribution >= 4 is 5.78 Å². The van der Waals surface area contributed by atoms with E-state index in [0.717, 1.165) is 16.7 Å². The summed E-state index contributed by atoms with van der Waals surface area (Å²) in [5, 5.41) is 0. The molecule has 0 saturated carbocycles. The van der Waals surface area contributed by atoms with E-state index in [1.54, 1.807) is 0 Å². The molecule has 16 heavy (non-hydrogen) atoms. The molecule has 88 valence electrons. The van der Waals surface area contributed by atoms with Crippen molar-refractivity contribution in [1.82, 2.24) is 0 Å². The van der Waals surface area contributed by atoms with Gasteiger partial charge in [-0.2, -0.15) is 0 Å². The van der Waals surface area contributed by atoms with Gasteiger partial charge in [0.05, 0.1) is 0 Å². The number of nitrogens with two attached hydrogens (primary N) is 1. The van der Waals surface area contributed by atoms with Crippen LogP contribution in [0.4, 0.5) is 0 Å². The minimum absolute atomic E-state index is 0.0690. The summed E-state index contributed by atoms with van der Waals surface area (Å²) in [7, 11) is 0. The Morgan fingerprint density at radius 1 is 1.31 bits per heavy atom. The monoisotopic (exact) mass is 219 g/mol. The van der Waals surface area contributed by atoms with Crippen LogP contribution in [0.5, 0.6) is 0 Å². The highest BCUT2D eigenvalue weighted by Crippen LogP contribution is 2.20. The second-order valence-corrected chi connectivity index (χ2v) is 4.70. The van der Waals surface area contributed by atoms with Crippen LogP contribution in [0.2, 0.25) is 0 Å². The minimum Gasteiger partial charge on any atom is -0.330 e. The van der Waals surface area contributed by atoms with E-state index in [1.165, 1.54) is 0 Å². The second-order valence-electron chi connectivity index (χ2n) is 4.70. The van der Waals surface area contributed by atoms with Crippen molar-refractivity contribution in [3.8, 4) is 0 Å². The molecule has 0 aromatic heterocycles. The van der Waals surface area contributed by atoms with Crippen LogP contribution in [0, 0.1) is 25.7 Å². The molecule has 1 rings (SSSR count). The van der Waals surface area contributed by atoms with Crippen molar-refractivity contribution in [3.05, 3.63) is 34.9 Å². The Bertz CT molecular complexity index is 382. The number of hydrogen-bond acceptors (Lipinski definition) is 2. The van der Waals surface area contributed by atoms with Gasteiger partial charge in [0, 0.05) is 18.0 Å². The van der Waals surface area contributed by atoms with E-state index in [9.17, 15) is 4.79 Å². The molecule has 0 saturated heterocycles. The standard InChI is InChI=1S/C14H21NO/c1-9(2)13(8-15)14(16)12-7-5-6-10(3)11(12)4/h5-7,9,13H,8,15H2,1-4H3. The van der Waals surface area contributed by atoms with Crippen LogP contribution in [0.25, 0.3) is 0 Å². The molecule has 0 radical (unpaired) electrons. The minimum atomic E-state index is -0.0690. The van der Waals surface area contributed by atoms with E-state index in [0.29, 0.717) is 6.54 Å². The summed E-state index contributed by atoms with van der Waals surface area (Å²) in [6.45, 7) is 8.53. The quantitative estimate of drug-likeness (QED) is 0.791. The van der Waals surface area contributed by atoms with Gasteiger partial charge in [-0.05, 0) is 30.9 Å². The lowest BCUT2D eigenvalue weighted by Gasteiger charge is -2.19. The number of benzene rings is 1. The first-order valence-electron chi connectivity index (χ1n) is 5.79. The number of rotatable bonds is 4. The van der Waals surface area contributed by atoms with Gasteiger partial charge in [-0.1, -0.05) is 32.0 Å². The van der Waals surface area contributed by atoms with Crippen LogP contribution in [0.15, 0.2) is 18.2 Å². The Kier molecular flexibility index (Phi) is 4.25. The first-order chi connectivity index (χ1) is 7.49. The Labute approximate surface area is 97.9 Å². The van der Waals surface area contributed by atoms with Crippen LogP contribution in [0.1, 0.15) is 35.3 Å². The van der Waals surface area contributed by atoms with Crippen molar-refractivity contribution in [3.63, 3.8) is 0 Å². The summed E-state index contributed by atoms with van der Waals surface area (Å²) in [5.74, 6) is 0.400. The highest BCUT2D eigenvalue weighted by molar-refractivity contribution is 5.99. The fourth-order valence-electron chi connectivity index (χ4n) is 1.90. The lowest BCUT2D eigenvalue weighted by Crippen LogP contribution is -2.29. The number of carbonyl (C=O) groups is 1. The summed E-state index contributed by atoms with van der Waals surface area (Å²) >= 11 is 0. The maximum absolute atomic E-state index is 12.3. The summed E-state index contributed by atoms with van der Waals surface area (Å²) in [5.41, 5.74) is 8.74. The number of carbonyl (C=O) groups excluding carboxylic acids is 1. The normalized spacial score (nSPS) is 12.9. The molecular weight excluding hydrogens is 198 g/mol. The molecule has 1 atom stereocenters. The van der Waals surface area contributed by atoms with Crippen molar-refractivity contribution < 1.29 is 4.79 Å². The number of aryl methyl sites for hydroxylation is 1. The molecule has 2 heteroatoms. The van der Waals surface area contributed by atoms with E-state index in [1.807, 2.05) is 45.9 Å². The lowest BCUT2D eigenvalue weighted by atomic mass is 9.86. The Morgan fingerprint density at radius 2 is 1.94 bits per heavy atom. The van der Waals surface area contributed by atoms with Crippen LogP contribution in [-0.4, -0.2) is 12.3 Å². The van der Waals surface area contributed by atoms with E-state index >= 15 is 0 Å². The zero-order valence-corrected chi connectivity index (χ0v) is 10.6. The van der Waals surface area contributed by atoms with Gasteiger partial charge in [0.2, 0.25) is 0 Å². The van der Waals surface area contributed by atoms with Gasteiger partial charge >= 0.3 is 0 Å². The van der Waals surface area contributed by atoms with Gasteiger partial charge in [-0.15, -0.1) is 0 Å². The van der Waals surface area contributed by atoms with E-state index in [-0.39, 0.29) is 17.6 Å². The highest BCUT2D eigenvalue weighted by atomic mass is 16.1. The van der Waals surface area contributed by atoms with Crippen molar-refractivity contribution in [2.45, 2.75) is 27.7 Å². The molecule has 0 aliphatic carbocycles. The molecule has 2 nitrogen and oxygen atoms in total. The van der Waals surface area contributed by atoms with Gasteiger partial charge in [0.25, 0.3) is 0 Å². The molecule has 0 bridgehead atoms. The van der Waals surface area contributed by atoms with Crippen LogP contribution >= 0.6 is 0 Å². The Morgan fingerprint density at radius 3 is 2.44 bits per heavy atom. The zero-order chi connectivity index (χ0) is 12.3. The molecule has 0 aliphatic rings. The van der Waals surface area contributed by atoms with Gasteiger partial charge in [0.1, 0.15) is 0 Å². The molecule has 0 spiro atoms. The summed E-state index contributed by atoms with van der Waals surface area (Å²) < 4.78 is 0. The molecule has 0 aliphatic heterocycles. The second kappa shape index (κ2) is 5.26. The first-order valence-corrected chi connectivity index (χ1v) is 5.79. The third kappa shape index (κ3) is 2.50. The van der Waals surface area contributed by atoms with Crippen LogP contribution in [0.3, 0.4) is 0 Å². The van der Waals surface area contributed by atoms with E-state index in [4.69, 9.17) is 5.73 Å². The number of hydrogen-bond donors (Lipinski definition) is 1. The molecule has 1 aromatic rings.